The topological polar surface area (TPSA) is 38.3 Å². The number of esters is 1. The molecule has 1 aromatic rings. The maximum Gasteiger partial charge on any atom is 0.323 e. The Hall–Kier alpha value is -1.35. The Bertz CT molecular complexity index is 403. The van der Waals surface area contributed by atoms with Gasteiger partial charge in [-0.1, -0.05) is 51.5 Å². The molecule has 0 aromatic heterocycles. The van der Waals surface area contributed by atoms with Crippen LogP contribution >= 0.6 is 0 Å². The van der Waals surface area contributed by atoms with Crippen LogP contribution < -0.4 is 5.32 Å². The van der Waals surface area contributed by atoms with Crippen molar-refractivity contribution < 1.29 is 9.53 Å². The lowest BCUT2D eigenvalue weighted by Crippen LogP contribution is -2.42. The number of rotatable bonds is 7. The van der Waals surface area contributed by atoms with E-state index in [0.29, 0.717) is 6.54 Å². The van der Waals surface area contributed by atoms with Gasteiger partial charge in [0.15, 0.2) is 0 Å². The van der Waals surface area contributed by atoms with Crippen molar-refractivity contribution in [3.63, 3.8) is 0 Å². The van der Waals surface area contributed by atoms with Gasteiger partial charge in [-0.2, -0.15) is 0 Å². The first-order valence-corrected chi connectivity index (χ1v) is 7.02. The van der Waals surface area contributed by atoms with E-state index >= 15 is 0 Å². The van der Waals surface area contributed by atoms with Crippen molar-refractivity contribution >= 4 is 5.97 Å². The molecule has 1 aromatic carbocycles. The quantitative estimate of drug-likeness (QED) is 0.769. The van der Waals surface area contributed by atoms with Gasteiger partial charge in [0.05, 0.1) is 7.11 Å². The Morgan fingerprint density at radius 2 is 1.89 bits per heavy atom. The smallest absolute Gasteiger partial charge is 0.323 e. The lowest BCUT2D eigenvalue weighted by molar-refractivity contribution is -0.144. The van der Waals surface area contributed by atoms with Crippen molar-refractivity contribution in [1.82, 2.24) is 5.32 Å². The Balaban J connectivity index is 2.73. The van der Waals surface area contributed by atoms with Crippen LogP contribution in [0.25, 0.3) is 0 Å². The highest BCUT2D eigenvalue weighted by Gasteiger charge is 2.24. The van der Waals surface area contributed by atoms with Gasteiger partial charge in [-0.3, -0.25) is 4.79 Å². The molecule has 0 radical (unpaired) electrons. The van der Waals surface area contributed by atoms with Crippen LogP contribution in [0.1, 0.15) is 38.3 Å². The first-order valence-electron chi connectivity index (χ1n) is 7.02. The number of nitrogens with one attached hydrogen (secondary N) is 1. The van der Waals surface area contributed by atoms with E-state index in [1.54, 1.807) is 0 Å². The average Bonchev–Trinajstić information content (AvgIpc) is 2.47. The Morgan fingerprint density at radius 1 is 1.26 bits per heavy atom. The summed E-state index contributed by atoms with van der Waals surface area (Å²) in [6.07, 6.45) is 1.95. The zero-order valence-corrected chi connectivity index (χ0v) is 12.4. The second-order valence-electron chi connectivity index (χ2n) is 4.89. The van der Waals surface area contributed by atoms with Crippen LogP contribution in [-0.4, -0.2) is 19.1 Å². The number of benzene rings is 1. The van der Waals surface area contributed by atoms with Crippen LogP contribution in [0.3, 0.4) is 0 Å². The molecule has 0 bridgehead atoms. The van der Waals surface area contributed by atoms with E-state index in [2.05, 4.69) is 44.3 Å². The molecule has 1 N–H and O–H groups in total. The number of carbonyl (C=O) groups excluding carboxylic acids is 1. The van der Waals surface area contributed by atoms with Crippen LogP contribution in [0.5, 0.6) is 0 Å². The summed E-state index contributed by atoms with van der Waals surface area (Å²) in [4.78, 5) is 11.8. The summed E-state index contributed by atoms with van der Waals surface area (Å²) in [5.41, 5.74) is 2.57. The van der Waals surface area contributed by atoms with Crippen molar-refractivity contribution in [1.29, 1.82) is 0 Å². The predicted molar refractivity (Wildman–Crippen MR) is 77.9 cm³/mol. The molecule has 2 atom stereocenters. The van der Waals surface area contributed by atoms with E-state index in [1.807, 2.05) is 6.07 Å². The highest BCUT2D eigenvalue weighted by Crippen LogP contribution is 2.13. The Kier molecular flexibility index (Phi) is 6.57. The zero-order valence-electron chi connectivity index (χ0n) is 12.4. The molecule has 3 nitrogen and oxygen atoms in total. The van der Waals surface area contributed by atoms with Crippen LogP contribution in [0.2, 0.25) is 0 Å². The molecule has 3 heteroatoms. The minimum atomic E-state index is -0.236. The fourth-order valence-corrected chi connectivity index (χ4v) is 2.17. The van der Waals surface area contributed by atoms with Gasteiger partial charge in [0, 0.05) is 6.54 Å². The Labute approximate surface area is 116 Å². The van der Waals surface area contributed by atoms with Crippen LogP contribution in [0, 0.1) is 5.92 Å². The molecule has 19 heavy (non-hydrogen) atoms. The lowest BCUT2D eigenvalue weighted by Gasteiger charge is -2.22. The molecule has 0 aliphatic carbocycles. The minimum Gasteiger partial charge on any atom is -0.468 e. The molecule has 0 amide bonds. The van der Waals surface area contributed by atoms with Gasteiger partial charge in [0.1, 0.15) is 6.04 Å². The molecule has 0 aliphatic rings. The fourth-order valence-electron chi connectivity index (χ4n) is 2.17. The Morgan fingerprint density at radius 3 is 2.42 bits per heavy atom. The third-order valence-electron chi connectivity index (χ3n) is 3.68. The van der Waals surface area contributed by atoms with E-state index in [-0.39, 0.29) is 17.9 Å². The van der Waals surface area contributed by atoms with Gasteiger partial charge in [0.25, 0.3) is 0 Å². The molecular formula is C16H25NO2. The van der Waals surface area contributed by atoms with E-state index in [9.17, 15) is 4.79 Å². The average molecular weight is 263 g/mol. The minimum absolute atomic E-state index is 0.177. The number of hydrogen-bond donors (Lipinski definition) is 1. The van der Waals surface area contributed by atoms with Crippen molar-refractivity contribution in [2.45, 2.75) is 46.2 Å². The third kappa shape index (κ3) is 4.35. The maximum atomic E-state index is 11.8. The van der Waals surface area contributed by atoms with Crippen molar-refractivity contribution in [2.75, 3.05) is 7.11 Å². The number of ether oxygens (including phenoxy) is 1. The molecule has 0 spiro atoms. The molecule has 0 heterocycles. The van der Waals surface area contributed by atoms with E-state index < -0.39 is 0 Å². The van der Waals surface area contributed by atoms with Crippen LogP contribution in [-0.2, 0) is 22.5 Å². The normalized spacial score (nSPS) is 13.9. The molecule has 0 aliphatic heterocycles. The monoisotopic (exact) mass is 263 g/mol. The van der Waals surface area contributed by atoms with Crippen molar-refractivity contribution in [3.8, 4) is 0 Å². The second kappa shape index (κ2) is 7.95. The van der Waals surface area contributed by atoms with E-state index in [0.717, 1.165) is 12.8 Å². The zero-order chi connectivity index (χ0) is 14.3. The first-order chi connectivity index (χ1) is 9.13. The molecule has 2 unspecified atom stereocenters. The number of hydrogen-bond acceptors (Lipinski definition) is 3. The summed E-state index contributed by atoms with van der Waals surface area (Å²) in [5, 5.41) is 3.34. The second-order valence-corrected chi connectivity index (χ2v) is 4.89. The predicted octanol–water partition coefficient (Wildman–Crippen LogP) is 2.93. The molecule has 0 saturated heterocycles. The summed E-state index contributed by atoms with van der Waals surface area (Å²) >= 11 is 0. The van der Waals surface area contributed by atoms with E-state index in [1.165, 1.54) is 18.2 Å². The summed E-state index contributed by atoms with van der Waals surface area (Å²) in [5.74, 6) is 0.0876. The van der Waals surface area contributed by atoms with E-state index in [4.69, 9.17) is 4.74 Å². The SMILES string of the molecule is CCc1ccccc1CNC(C(=O)OC)C(C)CC. The van der Waals surface area contributed by atoms with Crippen LogP contribution in [0.15, 0.2) is 24.3 Å². The van der Waals surface area contributed by atoms with Gasteiger partial charge < -0.3 is 10.1 Å². The summed E-state index contributed by atoms with van der Waals surface area (Å²) in [7, 11) is 1.44. The lowest BCUT2D eigenvalue weighted by atomic mass is 9.98. The van der Waals surface area contributed by atoms with Crippen molar-refractivity contribution in [3.05, 3.63) is 35.4 Å². The third-order valence-corrected chi connectivity index (χ3v) is 3.68. The molecular weight excluding hydrogens is 238 g/mol. The number of aryl methyl sites for hydroxylation is 1. The van der Waals surface area contributed by atoms with Gasteiger partial charge >= 0.3 is 5.97 Å². The standard InChI is InChI=1S/C16H25NO2/c1-5-12(3)15(16(18)19-4)17-11-14-10-8-7-9-13(14)6-2/h7-10,12,15,17H,5-6,11H2,1-4H3. The van der Waals surface area contributed by atoms with Gasteiger partial charge in [-0.25, -0.2) is 0 Å². The summed E-state index contributed by atoms with van der Waals surface area (Å²) in [6.45, 7) is 7.00. The summed E-state index contributed by atoms with van der Waals surface area (Å²) < 4.78 is 4.88. The molecule has 0 fully saturated rings. The highest BCUT2D eigenvalue weighted by molar-refractivity contribution is 5.76. The first kappa shape index (κ1) is 15.7. The fraction of sp³-hybridized carbons (Fsp3) is 0.562. The van der Waals surface area contributed by atoms with Gasteiger partial charge in [-0.15, -0.1) is 0 Å². The number of carbonyl (C=O) groups is 1. The number of methoxy groups -OCH3 is 1. The van der Waals surface area contributed by atoms with Gasteiger partial charge in [0.2, 0.25) is 0 Å². The van der Waals surface area contributed by atoms with Crippen LogP contribution in [0.4, 0.5) is 0 Å². The molecule has 1 rings (SSSR count). The highest BCUT2D eigenvalue weighted by atomic mass is 16.5. The largest absolute Gasteiger partial charge is 0.468 e. The van der Waals surface area contributed by atoms with Crippen molar-refractivity contribution in [2.24, 2.45) is 5.92 Å². The maximum absolute atomic E-state index is 11.8. The van der Waals surface area contributed by atoms with Gasteiger partial charge in [-0.05, 0) is 23.5 Å². The summed E-state index contributed by atoms with van der Waals surface area (Å²) in [6, 6.07) is 8.09. The molecule has 106 valence electrons. The molecule has 0 saturated carbocycles.